The van der Waals surface area contributed by atoms with Crippen molar-refractivity contribution in [1.29, 1.82) is 0 Å². The van der Waals surface area contributed by atoms with Gasteiger partial charge in [-0.25, -0.2) is 0 Å². The van der Waals surface area contributed by atoms with Crippen LogP contribution in [0.3, 0.4) is 0 Å². The number of nitrogens with zero attached hydrogens (tertiary/aromatic N) is 2. The Morgan fingerprint density at radius 2 is 1.96 bits per heavy atom. The Hall–Kier alpha value is -1.59. The molecule has 0 radical (unpaired) electrons. The molecule has 0 bridgehead atoms. The summed E-state index contributed by atoms with van der Waals surface area (Å²) in [5.74, 6) is 0.0953. The molecule has 0 saturated carbocycles. The summed E-state index contributed by atoms with van der Waals surface area (Å²) in [4.78, 5) is 16.9. The minimum absolute atomic E-state index is 0.0953. The van der Waals surface area contributed by atoms with Crippen molar-refractivity contribution in [3.8, 4) is 5.00 Å². The van der Waals surface area contributed by atoms with E-state index in [0.717, 1.165) is 29.1 Å². The van der Waals surface area contributed by atoms with Gasteiger partial charge in [0.2, 0.25) is 0 Å². The average Bonchev–Trinajstić information content (AvgIpc) is 3.29. The van der Waals surface area contributed by atoms with Crippen molar-refractivity contribution in [3.05, 3.63) is 40.5 Å². The van der Waals surface area contributed by atoms with E-state index in [1.807, 2.05) is 24.5 Å². The van der Waals surface area contributed by atoms with Crippen LogP contribution in [0.25, 0.3) is 5.00 Å². The maximum atomic E-state index is 13.1. The van der Waals surface area contributed by atoms with E-state index >= 15 is 0 Å². The number of hydrogen-bond acceptors (Lipinski definition) is 3. The number of hydrogen-bond donors (Lipinski definition) is 1. The van der Waals surface area contributed by atoms with E-state index in [2.05, 4.69) is 28.6 Å². The van der Waals surface area contributed by atoms with Crippen LogP contribution in [0.2, 0.25) is 0 Å². The summed E-state index contributed by atoms with van der Waals surface area (Å²) in [6.07, 6.45) is 8.92. The van der Waals surface area contributed by atoms with E-state index in [1.165, 1.54) is 30.7 Å². The second-order valence-corrected chi connectivity index (χ2v) is 8.22. The second-order valence-electron chi connectivity index (χ2n) is 7.02. The maximum Gasteiger partial charge on any atom is 0.254 e. The topological polar surface area (TPSA) is 37.3 Å². The Morgan fingerprint density at radius 3 is 2.75 bits per heavy atom. The molecule has 2 fully saturated rings. The molecule has 2 aromatic rings. The molecule has 2 saturated heterocycles. The molecule has 4 rings (SSSR count). The predicted octanol–water partition coefficient (Wildman–Crippen LogP) is 3.51. The van der Waals surface area contributed by atoms with Gasteiger partial charge in [0.1, 0.15) is 5.00 Å². The van der Waals surface area contributed by atoms with E-state index in [4.69, 9.17) is 0 Å². The molecular formula is C19H25N3OS. The quantitative estimate of drug-likeness (QED) is 0.926. The zero-order valence-electron chi connectivity index (χ0n) is 14.4. The third-order valence-electron chi connectivity index (χ3n) is 5.61. The van der Waals surface area contributed by atoms with Gasteiger partial charge in [-0.15, -0.1) is 11.3 Å². The molecular weight excluding hydrogens is 318 g/mol. The largest absolute Gasteiger partial charge is 0.348 e. The number of nitrogens with one attached hydrogen (secondary N) is 1. The number of fused-ring (bicyclic) bond motifs is 1. The third-order valence-corrected chi connectivity index (χ3v) is 6.83. The minimum Gasteiger partial charge on any atom is -0.348 e. The normalized spacial score (nSPS) is 24.1. The Balaban J connectivity index is 1.59. The van der Waals surface area contributed by atoms with Gasteiger partial charge in [-0.2, -0.15) is 0 Å². The molecule has 128 valence electrons. The van der Waals surface area contributed by atoms with Crippen molar-refractivity contribution in [1.82, 2.24) is 14.8 Å². The minimum atomic E-state index is 0.0953. The molecule has 4 nitrogen and oxygen atoms in total. The lowest BCUT2D eigenvalue weighted by Crippen LogP contribution is -2.47. The van der Waals surface area contributed by atoms with Crippen molar-refractivity contribution in [2.24, 2.45) is 0 Å². The molecule has 1 amide bonds. The molecule has 24 heavy (non-hydrogen) atoms. The molecule has 1 N–H and O–H groups in total. The van der Waals surface area contributed by atoms with Gasteiger partial charge in [-0.3, -0.25) is 9.69 Å². The van der Waals surface area contributed by atoms with Crippen molar-refractivity contribution in [2.45, 2.75) is 51.6 Å². The fourth-order valence-electron chi connectivity index (χ4n) is 4.18. The zero-order chi connectivity index (χ0) is 16.7. The van der Waals surface area contributed by atoms with Crippen LogP contribution in [-0.4, -0.2) is 40.5 Å². The maximum absolute atomic E-state index is 13.1. The molecule has 2 atom stereocenters. The molecule has 0 aliphatic carbocycles. The molecule has 5 heteroatoms. The van der Waals surface area contributed by atoms with Crippen molar-refractivity contribution in [3.63, 3.8) is 0 Å². The Labute approximate surface area is 147 Å². The first kappa shape index (κ1) is 15.9. The van der Waals surface area contributed by atoms with E-state index in [1.54, 1.807) is 11.3 Å². The smallest absolute Gasteiger partial charge is 0.254 e. The number of carbonyl (C=O) groups is 1. The summed E-state index contributed by atoms with van der Waals surface area (Å²) in [7, 11) is 0. The Kier molecular flexibility index (Phi) is 4.22. The zero-order valence-corrected chi connectivity index (χ0v) is 15.2. The number of amides is 1. The molecule has 4 heterocycles. The van der Waals surface area contributed by atoms with Crippen LogP contribution in [0.1, 0.15) is 46.5 Å². The van der Waals surface area contributed by atoms with Gasteiger partial charge in [0.15, 0.2) is 0 Å². The molecule has 0 unspecified atom stereocenters. The third kappa shape index (κ3) is 2.70. The van der Waals surface area contributed by atoms with Crippen LogP contribution in [0.15, 0.2) is 24.5 Å². The molecule has 0 spiro atoms. The first-order chi connectivity index (χ1) is 11.6. The van der Waals surface area contributed by atoms with E-state index in [-0.39, 0.29) is 5.91 Å². The number of carbonyl (C=O) groups excluding carboxylic acids is 1. The van der Waals surface area contributed by atoms with E-state index in [0.29, 0.717) is 12.1 Å². The number of rotatable bonds is 3. The molecule has 2 aliphatic rings. The molecule has 2 aromatic heterocycles. The van der Waals surface area contributed by atoms with Crippen LogP contribution in [0.5, 0.6) is 0 Å². The number of aryl methyl sites for hydroxylation is 1. The lowest BCUT2D eigenvalue weighted by atomic mass is 9.98. The first-order valence-corrected chi connectivity index (χ1v) is 9.75. The monoisotopic (exact) mass is 343 g/mol. The van der Waals surface area contributed by atoms with Gasteiger partial charge in [0, 0.05) is 35.9 Å². The highest BCUT2D eigenvalue weighted by Crippen LogP contribution is 2.32. The van der Waals surface area contributed by atoms with E-state index in [9.17, 15) is 4.79 Å². The van der Waals surface area contributed by atoms with Gasteiger partial charge in [0.25, 0.3) is 5.91 Å². The number of piperidine rings is 1. The van der Waals surface area contributed by atoms with E-state index < -0.39 is 0 Å². The Bertz CT molecular complexity index is 734. The first-order valence-electron chi connectivity index (χ1n) is 8.93. The average molecular weight is 343 g/mol. The van der Waals surface area contributed by atoms with Gasteiger partial charge >= 0.3 is 0 Å². The summed E-state index contributed by atoms with van der Waals surface area (Å²) < 4.78 is 2.06. The summed E-state index contributed by atoms with van der Waals surface area (Å²) in [6, 6.07) is 4.85. The van der Waals surface area contributed by atoms with Crippen LogP contribution in [-0.2, 0) is 0 Å². The van der Waals surface area contributed by atoms with Crippen molar-refractivity contribution < 1.29 is 4.79 Å². The van der Waals surface area contributed by atoms with Crippen LogP contribution < -0.4 is 5.32 Å². The molecule has 0 aromatic carbocycles. The van der Waals surface area contributed by atoms with Crippen molar-refractivity contribution >= 4 is 17.2 Å². The summed E-state index contributed by atoms with van der Waals surface area (Å²) in [5.41, 5.74) is 1.96. The lowest BCUT2D eigenvalue weighted by Gasteiger charge is -2.32. The van der Waals surface area contributed by atoms with Crippen molar-refractivity contribution in [2.75, 3.05) is 13.1 Å². The van der Waals surface area contributed by atoms with Crippen LogP contribution in [0, 0.1) is 13.8 Å². The van der Waals surface area contributed by atoms with Gasteiger partial charge in [0.05, 0.1) is 5.56 Å². The lowest BCUT2D eigenvalue weighted by molar-refractivity contribution is 0.0915. The summed E-state index contributed by atoms with van der Waals surface area (Å²) in [5, 5.41) is 4.40. The van der Waals surface area contributed by atoms with Crippen LogP contribution in [0.4, 0.5) is 0 Å². The highest BCUT2D eigenvalue weighted by Gasteiger charge is 2.37. The predicted molar refractivity (Wildman–Crippen MR) is 98.2 cm³/mol. The van der Waals surface area contributed by atoms with Gasteiger partial charge < -0.3 is 9.88 Å². The SMILES string of the molecule is Cc1sc(-n2cccc2)c(C(=O)N[C@@H]2CCN3CCCC[C@@H]23)c1C. The van der Waals surface area contributed by atoms with Gasteiger partial charge in [-0.1, -0.05) is 6.42 Å². The second kappa shape index (κ2) is 6.37. The number of aromatic nitrogens is 1. The van der Waals surface area contributed by atoms with Crippen LogP contribution >= 0.6 is 11.3 Å². The standard InChI is InChI=1S/C19H25N3OS/c1-13-14(2)24-19(22-10-5-6-11-22)17(13)18(23)20-15-8-12-21-9-4-3-7-16(15)21/h5-6,10-11,15-16H,3-4,7-9,12H2,1-2H3,(H,20,23)/t15-,16+/m1/s1. The summed E-state index contributed by atoms with van der Waals surface area (Å²) in [6.45, 7) is 6.49. The van der Waals surface area contributed by atoms with Gasteiger partial charge in [-0.05, 0) is 57.4 Å². The molecule has 2 aliphatic heterocycles. The summed E-state index contributed by atoms with van der Waals surface area (Å²) >= 11 is 1.70. The fourth-order valence-corrected chi connectivity index (χ4v) is 5.30. The highest BCUT2D eigenvalue weighted by atomic mass is 32.1. The highest BCUT2D eigenvalue weighted by molar-refractivity contribution is 7.15. The Morgan fingerprint density at radius 1 is 1.17 bits per heavy atom. The fraction of sp³-hybridized carbons (Fsp3) is 0.526. The number of thiophene rings is 1.